The Morgan fingerprint density at radius 2 is 2.19 bits per heavy atom. The zero-order valence-corrected chi connectivity index (χ0v) is 17.2. The van der Waals surface area contributed by atoms with Gasteiger partial charge in [0, 0.05) is 30.6 Å². The van der Waals surface area contributed by atoms with Crippen LogP contribution in [0.4, 0.5) is 0 Å². The van der Waals surface area contributed by atoms with Crippen LogP contribution in [0.2, 0.25) is 0 Å². The van der Waals surface area contributed by atoms with Gasteiger partial charge >= 0.3 is 0 Å². The van der Waals surface area contributed by atoms with Gasteiger partial charge in [0.2, 0.25) is 5.91 Å². The minimum atomic E-state index is -3.03. The Labute approximate surface area is 160 Å². The molecule has 0 radical (unpaired) electrons. The maximum absolute atomic E-state index is 13.0. The highest BCUT2D eigenvalue weighted by molar-refractivity contribution is 7.91. The number of sulfone groups is 1. The number of ether oxygens (including phenoxy) is 1. The SMILES string of the molecule is Cc1ccsc1CN(C)CC(=O)N(CC1CCCO1)C1CCS(=O)(=O)C1. The number of likely N-dealkylation sites (N-methyl/N-ethyl adjacent to an activating group) is 1. The molecular weight excluding hydrogens is 372 g/mol. The molecule has 2 unspecified atom stereocenters. The van der Waals surface area contributed by atoms with E-state index in [1.165, 1.54) is 10.4 Å². The molecule has 2 atom stereocenters. The van der Waals surface area contributed by atoms with Crippen LogP contribution in [-0.4, -0.2) is 74.5 Å². The van der Waals surface area contributed by atoms with Crippen LogP contribution in [0, 0.1) is 6.92 Å². The lowest BCUT2D eigenvalue weighted by Crippen LogP contribution is -2.48. The fraction of sp³-hybridized carbons (Fsp3) is 0.722. The number of amides is 1. The second-order valence-corrected chi connectivity index (χ2v) is 10.7. The lowest BCUT2D eigenvalue weighted by Gasteiger charge is -2.32. The molecule has 0 N–H and O–H groups in total. The van der Waals surface area contributed by atoms with E-state index in [0.29, 0.717) is 19.5 Å². The number of carbonyl (C=O) groups excluding carboxylic acids is 1. The molecule has 8 heteroatoms. The van der Waals surface area contributed by atoms with Gasteiger partial charge < -0.3 is 9.64 Å². The molecular formula is C18H28N2O4S2. The summed E-state index contributed by atoms with van der Waals surface area (Å²) in [5.74, 6) is 0.260. The minimum absolute atomic E-state index is 0.000640. The summed E-state index contributed by atoms with van der Waals surface area (Å²) in [7, 11) is -1.09. The molecule has 6 nitrogen and oxygen atoms in total. The van der Waals surface area contributed by atoms with Crippen molar-refractivity contribution < 1.29 is 17.9 Å². The number of carbonyl (C=O) groups is 1. The monoisotopic (exact) mass is 400 g/mol. The summed E-state index contributed by atoms with van der Waals surface area (Å²) in [6.45, 7) is 4.33. The zero-order valence-electron chi connectivity index (χ0n) is 15.5. The number of rotatable bonds is 7. The first-order valence-electron chi connectivity index (χ1n) is 9.17. The highest BCUT2D eigenvalue weighted by Gasteiger charge is 2.36. The van der Waals surface area contributed by atoms with E-state index in [-0.39, 0.29) is 29.6 Å². The number of aryl methyl sites for hydroxylation is 1. The molecule has 0 aliphatic carbocycles. The van der Waals surface area contributed by atoms with E-state index >= 15 is 0 Å². The lowest BCUT2D eigenvalue weighted by atomic mass is 10.1. The fourth-order valence-electron chi connectivity index (χ4n) is 3.67. The third-order valence-corrected chi connectivity index (χ3v) is 7.94. The predicted molar refractivity (Wildman–Crippen MR) is 103 cm³/mol. The van der Waals surface area contributed by atoms with Gasteiger partial charge in [-0.05, 0) is 50.2 Å². The van der Waals surface area contributed by atoms with Crippen molar-refractivity contribution in [3.8, 4) is 0 Å². The Morgan fingerprint density at radius 3 is 2.77 bits per heavy atom. The van der Waals surface area contributed by atoms with Gasteiger partial charge in [-0.1, -0.05) is 0 Å². The molecule has 3 heterocycles. The molecule has 1 aromatic rings. The van der Waals surface area contributed by atoms with Gasteiger partial charge in [-0.2, -0.15) is 0 Å². The van der Waals surface area contributed by atoms with Gasteiger partial charge in [0.05, 0.1) is 24.2 Å². The summed E-state index contributed by atoms with van der Waals surface area (Å²) in [5, 5.41) is 2.06. The van der Waals surface area contributed by atoms with Crippen LogP contribution in [0.25, 0.3) is 0 Å². The third-order valence-electron chi connectivity index (χ3n) is 5.18. The molecule has 3 rings (SSSR count). The Kier molecular flexibility index (Phi) is 6.37. The highest BCUT2D eigenvalue weighted by Crippen LogP contribution is 2.22. The largest absolute Gasteiger partial charge is 0.376 e. The van der Waals surface area contributed by atoms with E-state index in [0.717, 1.165) is 26.0 Å². The van der Waals surface area contributed by atoms with Crippen LogP contribution in [0.1, 0.15) is 29.7 Å². The molecule has 1 aromatic heterocycles. The van der Waals surface area contributed by atoms with Crippen LogP contribution < -0.4 is 0 Å². The average Bonchev–Trinajstić information content (AvgIpc) is 3.28. The van der Waals surface area contributed by atoms with Crippen molar-refractivity contribution in [1.82, 2.24) is 9.80 Å². The normalized spacial score (nSPS) is 25.0. The van der Waals surface area contributed by atoms with Crippen molar-refractivity contribution in [1.29, 1.82) is 0 Å². The topological polar surface area (TPSA) is 66.9 Å². The summed E-state index contributed by atoms with van der Waals surface area (Å²) < 4.78 is 29.5. The number of nitrogens with zero attached hydrogens (tertiary/aromatic N) is 2. The van der Waals surface area contributed by atoms with E-state index in [2.05, 4.69) is 18.4 Å². The first-order chi connectivity index (χ1) is 12.3. The van der Waals surface area contributed by atoms with Crippen molar-refractivity contribution in [3.05, 3.63) is 21.9 Å². The van der Waals surface area contributed by atoms with Crippen molar-refractivity contribution >= 4 is 27.1 Å². The summed E-state index contributed by atoms with van der Waals surface area (Å²) in [5.41, 5.74) is 1.24. The van der Waals surface area contributed by atoms with Crippen LogP contribution in [0.3, 0.4) is 0 Å². The maximum atomic E-state index is 13.0. The average molecular weight is 401 g/mol. The van der Waals surface area contributed by atoms with E-state index in [4.69, 9.17) is 4.74 Å². The van der Waals surface area contributed by atoms with Gasteiger partial charge in [-0.3, -0.25) is 9.69 Å². The molecule has 2 aliphatic rings. The molecule has 2 aliphatic heterocycles. The lowest BCUT2D eigenvalue weighted by molar-refractivity contribution is -0.135. The summed E-state index contributed by atoms with van der Waals surface area (Å²) in [4.78, 5) is 18.0. The number of thiophene rings is 1. The van der Waals surface area contributed by atoms with Crippen LogP contribution in [-0.2, 0) is 25.9 Å². The van der Waals surface area contributed by atoms with E-state index in [9.17, 15) is 13.2 Å². The number of hydrogen-bond donors (Lipinski definition) is 0. The molecule has 0 aromatic carbocycles. The van der Waals surface area contributed by atoms with Gasteiger partial charge in [0.1, 0.15) is 0 Å². The highest BCUT2D eigenvalue weighted by atomic mass is 32.2. The molecule has 0 spiro atoms. The smallest absolute Gasteiger partial charge is 0.237 e. The molecule has 2 fully saturated rings. The van der Waals surface area contributed by atoms with Gasteiger partial charge in [0.25, 0.3) is 0 Å². The summed E-state index contributed by atoms with van der Waals surface area (Å²) in [6.07, 6.45) is 2.52. The van der Waals surface area contributed by atoms with Crippen LogP contribution >= 0.6 is 11.3 Å². The van der Waals surface area contributed by atoms with Crippen LogP contribution in [0.5, 0.6) is 0 Å². The molecule has 1 amide bonds. The van der Waals surface area contributed by atoms with Gasteiger partial charge in [-0.25, -0.2) is 8.42 Å². The van der Waals surface area contributed by atoms with Crippen molar-refractivity contribution in [2.75, 3.05) is 38.2 Å². The maximum Gasteiger partial charge on any atom is 0.237 e. The van der Waals surface area contributed by atoms with E-state index in [1.54, 1.807) is 16.2 Å². The first-order valence-corrected chi connectivity index (χ1v) is 11.9. The van der Waals surface area contributed by atoms with Crippen molar-refractivity contribution in [2.45, 2.75) is 44.9 Å². The second-order valence-electron chi connectivity index (χ2n) is 7.44. The van der Waals surface area contributed by atoms with Crippen molar-refractivity contribution in [2.24, 2.45) is 0 Å². The van der Waals surface area contributed by atoms with E-state index < -0.39 is 9.84 Å². The summed E-state index contributed by atoms with van der Waals surface area (Å²) >= 11 is 1.70. The minimum Gasteiger partial charge on any atom is -0.376 e. The molecule has 26 heavy (non-hydrogen) atoms. The number of hydrogen-bond acceptors (Lipinski definition) is 6. The Morgan fingerprint density at radius 1 is 1.38 bits per heavy atom. The zero-order chi connectivity index (χ0) is 18.7. The third kappa shape index (κ3) is 5.06. The Hall–Kier alpha value is -0.960. The van der Waals surface area contributed by atoms with Crippen molar-refractivity contribution in [3.63, 3.8) is 0 Å². The predicted octanol–water partition coefficient (Wildman–Crippen LogP) is 1.68. The molecule has 146 valence electrons. The van der Waals surface area contributed by atoms with Crippen LogP contribution in [0.15, 0.2) is 11.4 Å². The quantitative estimate of drug-likeness (QED) is 0.697. The second kappa shape index (κ2) is 8.37. The van der Waals surface area contributed by atoms with E-state index in [1.807, 2.05) is 11.9 Å². The summed E-state index contributed by atoms with van der Waals surface area (Å²) in [6, 6.07) is 1.87. The standard InChI is InChI=1S/C18H28N2O4S2/c1-14-5-8-25-17(14)11-19(2)12-18(21)20(10-16-4-3-7-24-16)15-6-9-26(22,23)13-15/h5,8,15-16H,3-4,6-7,9-13H2,1-2H3. The molecule has 0 saturated carbocycles. The Balaban J connectivity index is 1.64. The fourth-order valence-corrected chi connectivity index (χ4v) is 6.39. The van der Waals surface area contributed by atoms with Gasteiger partial charge in [0.15, 0.2) is 9.84 Å². The Bertz CT molecular complexity index is 725. The molecule has 0 bridgehead atoms. The van der Waals surface area contributed by atoms with Gasteiger partial charge in [-0.15, -0.1) is 11.3 Å². The molecule has 2 saturated heterocycles. The first kappa shape index (κ1) is 19.8.